The lowest BCUT2D eigenvalue weighted by Gasteiger charge is -2.00. The van der Waals surface area contributed by atoms with Crippen LogP contribution in [0.2, 0.25) is 0 Å². The predicted molar refractivity (Wildman–Crippen MR) is 75.6 cm³/mol. The number of imide groups is 1. The second-order valence-corrected chi connectivity index (χ2v) is 5.05. The Hall–Kier alpha value is -3.16. The number of carbonyl (C=O) groups is 2. The number of nitrogens with zero attached hydrogens (tertiary/aromatic N) is 3. The van der Waals surface area contributed by atoms with Gasteiger partial charge in [-0.1, -0.05) is 0 Å². The van der Waals surface area contributed by atoms with Crippen LogP contribution in [0.1, 0.15) is 11.8 Å². The molecule has 8 nitrogen and oxygen atoms in total. The first-order valence-corrected chi connectivity index (χ1v) is 6.60. The number of urea groups is 1. The minimum atomic E-state index is -0.804. The number of aryl methyl sites for hydroxylation is 1. The molecule has 1 saturated heterocycles. The van der Waals surface area contributed by atoms with E-state index in [1.807, 2.05) is 19.3 Å². The third-order valence-corrected chi connectivity index (χ3v) is 3.48. The van der Waals surface area contributed by atoms with E-state index in [-0.39, 0.29) is 0 Å². The quantitative estimate of drug-likeness (QED) is 0.690. The summed E-state index contributed by atoms with van der Waals surface area (Å²) in [6.07, 6.45) is 5.18. The van der Waals surface area contributed by atoms with Gasteiger partial charge in [0.25, 0.3) is 5.91 Å². The second kappa shape index (κ2) is 4.42. The average Bonchev–Trinajstić information content (AvgIpc) is 3.16. The molecular weight excluding hydrogens is 286 g/mol. The van der Waals surface area contributed by atoms with Crippen molar-refractivity contribution in [3.63, 3.8) is 0 Å². The minimum absolute atomic E-state index is 0.378. The highest BCUT2D eigenvalue weighted by Gasteiger charge is 2.33. The molecule has 22 heavy (non-hydrogen) atoms. The molecule has 1 atom stereocenters. The largest absolute Gasteiger partial charge is 0.457 e. The van der Waals surface area contributed by atoms with E-state index in [4.69, 9.17) is 4.42 Å². The lowest BCUT2D eigenvalue weighted by molar-refractivity contribution is -0.120. The van der Waals surface area contributed by atoms with Crippen LogP contribution in [-0.4, -0.2) is 26.7 Å². The van der Waals surface area contributed by atoms with Crippen LogP contribution in [0.25, 0.3) is 22.2 Å². The zero-order chi connectivity index (χ0) is 15.3. The molecule has 3 aromatic heterocycles. The molecule has 0 radical (unpaired) electrons. The predicted octanol–water partition coefficient (Wildman–Crippen LogP) is 1.11. The second-order valence-electron chi connectivity index (χ2n) is 5.05. The topological polar surface area (TPSA) is 102 Å². The first-order chi connectivity index (χ1) is 10.6. The molecule has 1 aliphatic rings. The van der Waals surface area contributed by atoms with E-state index < -0.39 is 18.0 Å². The van der Waals surface area contributed by atoms with Gasteiger partial charge in [-0.2, -0.15) is 5.10 Å². The Labute approximate surface area is 124 Å². The van der Waals surface area contributed by atoms with Crippen LogP contribution in [0.5, 0.6) is 0 Å². The number of fused-ring (bicyclic) bond motifs is 1. The lowest BCUT2D eigenvalue weighted by Crippen LogP contribution is -2.22. The SMILES string of the molecule is Cn1cc(-c2cc3cc([C@@H]4NC(=O)NC4=O)oc3cn2)cn1. The van der Waals surface area contributed by atoms with Crippen LogP contribution in [0.3, 0.4) is 0 Å². The molecule has 0 aliphatic carbocycles. The molecule has 1 aliphatic heterocycles. The van der Waals surface area contributed by atoms with E-state index >= 15 is 0 Å². The highest BCUT2D eigenvalue weighted by atomic mass is 16.3. The molecular formula is C14H11N5O3. The summed E-state index contributed by atoms with van der Waals surface area (Å²) in [5.74, 6) is -0.0482. The molecule has 0 saturated carbocycles. The van der Waals surface area contributed by atoms with Crippen molar-refractivity contribution >= 4 is 22.9 Å². The Morgan fingerprint density at radius 1 is 1.27 bits per heavy atom. The summed E-state index contributed by atoms with van der Waals surface area (Å²) in [6.45, 7) is 0. The van der Waals surface area contributed by atoms with Gasteiger partial charge in [0.1, 0.15) is 5.76 Å². The van der Waals surface area contributed by atoms with E-state index in [2.05, 4.69) is 20.7 Å². The van der Waals surface area contributed by atoms with Crippen molar-refractivity contribution in [1.82, 2.24) is 25.4 Å². The molecule has 110 valence electrons. The molecule has 4 heterocycles. The zero-order valence-electron chi connectivity index (χ0n) is 11.5. The Morgan fingerprint density at radius 2 is 2.14 bits per heavy atom. The van der Waals surface area contributed by atoms with Crippen molar-refractivity contribution in [2.75, 3.05) is 0 Å². The number of rotatable bonds is 2. The minimum Gasteiger partial charge on any atom is -0.457 e. The van der Waals surface area contributed by atoms with Gasteiger partial charge in [0.05, 0.1) is 18.1 Å². The number of hydrogen-bond donors (Lipinski definition) is 2. The Bertz CT molecular complexity index is 910. The number of pyridine rings is 1. The van der Waals surface area contributed by atoms with E-state index in [1.54, 1.807) is 23.1 Å². The summed E-state index contributed by atoms with van der Waals surface area (Å²) in [5.41, 5.74) is 2.20. The summed E-state index contributed by atoms with van der Waals surface area (Å²) >= 11 is 0. The van der Waals surface area contributed by atoms with Crippen molar-refractivity contribution in [2.24, 2.45) is 7.05 Å². The van der Waals surface area contributed by atoms with Crippen LogP contribution in [-0.2, 0) is 11.8 Å². The molecule has 4 rings (SSSR count). The van der Waals surface area contributed by atoms with Gasteiger partial charge in [-0.05, 0) is 12.1 Å². The Balaban J connectivity index is 1.75. The highest BCUT2D eigenvalue weighted by molar-refractivity contribution is 6.04. The lowest BCUT2D eigenvalue weighted by atomic mass is 10.1. The van der Waals surface area contributed by atoms with Crippen LogP contribution in [0.15, 0.2) is 35.1 Å². The zero-order valence-corrected chi connectivity index (χ0v) is 11.5. The van der Waals surface area contributed by atoms with Crippen molar-refractivity contribution in [2.45, 2.75) is 6.04 Å². The van der Waals surface area contributed by atoms with Gasteiger partial charge in [-0.25, -0.2) is 4.79 Å². The van der Waals surface area contributed by atoms with Gasteiger partial charge < -0.3 is 9.73 Å². The monoisotopic (exact) mass is 297 g/mol. The summed E-state index contributed by atoms with van der Waals surface area (Å²) in [6, 6.07) is 2.26. The Kier molecular flexibility index (Phi) is 2.52. The molecule has 3 amide bonds. The number of hydrogen-bond acceptors (Lipinski definition) is 5. The molecule has 8 heteroatoms. The first kappa shape index (κ1) is 12.6. The molecule has 0 aromatic carbocycles. The van der Waals surface area contributed by atoms with Gasteiger partial charge in [-0.15, -0.1) is 0 Å². The number of amides is 3. The number of furan rings is 1. The maximum atomic E-state index is 11.7. The summed E-state index contributed by atoms with van der Waals surface area (Å²) in [4.78, 5) is 27.2. The fourth-order valence-electron chi connectivity index (χ4n) is 2.44. The highest BCUT2D eigenvalue weighted by Crippen LogP contribution is 2.28. The van der Waals surface area contributed by atoms with Crippen LogP contribution >= 0.6 is 0 Å². The number of aromatic nitrogens is 3. The smallest absolute Gasteiger partial charge is 0.322 e. The van der Waals surface area contributed by atoms with Crippen molar-refractivity contribution in [3.05, 3.63) is 36.5 Å². The Morgan fingerprint density at radius 3 is 2.82 bits per heavy atom. The van der Waals surface area contributed by atoms with Crippen LogP contribution in [0.4, 0.5) is 4.79 Å². The van der Waals surface area contributed by atoms with Gasteiger partial charge in [-0.3, -0.25) is 19.8 Å². The standard InChI is InChI=1S/C14H11N5O3/c1-19-6-8(4-16-19)9-2-7-3-10(22-11(7)5-15-9)12-13(20)18-14(21)17-12/h2-6,12H,1H3,(H2,17,18,20,21)/t12-/m0/s1. The van der Waals surface area contributed by atoms with Crippen molar-refractivity contribution in [1.29, 1.82) is 0 Å². The van der Waals surface area contributed by atoms with E-state index in [9.17, 15) is 9.59 Å². The maximum Gasteiger partial charge on any atom is 0.322 e. The van der Waals surface area contributed by atoms with Crippen LogP contribution < -0.4 is 10.6 Å². The van der Waals surface area contributed by atoms with E-state index in [0.29, 0.717) is 11.3 Å². The molecule has 0 spiro atoms. The number of nitrogens with one attached hydrogen (secondary N) is 2. The molecule has 0 unspecified atom stereocenters. The first-order valence-electron chi connectivity index (χ1n) is 6.60. The fourth-order valence-corrected chi connectivity index (χ4v) is 2.44. The summed E-state index contributed by atoms with van der Waals surface area (Å²) in [7, 11) is 1.83. The van der Waals surface area contributed by atoms with Gasteiger partial charge in [0.2, 0.25) is 0 Å². The molecule has 0 bridgehead atoms. The van der Waals surface area contributed by atoms with E-state index in [1.165, 1.54) is 0 Å². The van der Waals surface area contributed by atoms with Gasteiger partial charge in [0.15, 0.2) is 11.6 Å². The van der Waals surface area contributed by atoms with Gasteiger partial charge in [0, 0.05) is 24.2 Å². The van der Waals surface area contributed by atoms with Crippen LogP contribution in [0, 0.1) is 0 Å². The average molecular weight is 297 g/mol. The third kappa shape index (κ3) is 1.93. The van der Waals surface area contributed by atoms with Crippen molar-refractivity contribution < 1.29 is 14.0 Å². The summed E-state index contributed by atoms with van der Waals surface area (Å²) in [5, 5.41) is 9.59. The van der Waals surface area contributed by atoms with Gasteiger partial charge >= 0.3 is 6.03 Å². The van der Waals surface area contributed by atoms with Crippen molar-refractivity contribution in [3.8, 4) is 11.3 Å². The van der Waals surface area contributed by atoms with E-state index in [0.717, 1.165) is 16.6 Å². The molecule has 2 N–H and O–H groups in total. The fraction of sp³-hybridized carbons (Fsp3) is 0.143. The summed E-state index contributed by atoms with van der Waals surface area (Å²) < 4.78 is 7.30. The third-order valence-electron chi connectivity index (χ3n) is 3.48. The normalized spacial score (nSPS) is 17.8. The molecule has 1 fully saturated rings. The number of carbonyl (C=O) groups excluding carboxylic acids is 2. The maximum absolute atomic E-state index is 11.7. The molecule has 3 aromatic rings.